The fourth-order valence-electron chi connectivity index (χ4n) is 4.20. The lowest BCUT2D eigenvalue weighted by molar-refractivity contribution is -0.135. The number of fused-ring (bicyclic) bond motifs is 2. The number of hydrogen-bond acceptors (Lipinski definition) is 4. The summed E-state index contributed by atoms with van der Waals surface area (Å²) in [6.45, 7) is 2.05. The highest BCUT2D eigenvalue weighted by Gasteiger charge is 2.47. The number of benzene rings is 1. The highest BCUT2D eigenvalue weighted by molar-refractivity contribution is 6.30. The largest absolute Gasteiger partial charge is 0.298 e. The van der Waals surface area contributed by atoms with Crippen molar-refractivity contribution in [3.8, 4) is 11.4 Å². The summed E-state index contributed by atoms with van der Waals surface area (Å²) in [5.74, 6) is 0.228. The molecule has 25 heavy (non-hydrogen) atoms. The minimum atomic E-state index is -0.617. The third-order valence-electron chi connectivity index (χ3n) is 5.52. The fraction of sp³-hybridized carbons (Fsp3) is 0.400. The van der Waals surface area contributed by atoms with Crippen LogP contribution in [0.5, 0.6) is 0 Å². The molecule has 1 aromatic heterocycles. The zero-order valence-electron chi connectivity index (χ0n) is 14.0. The number of Topliss-reactive ketones (excluding diaryl/α,β-unsaturated/α-hetero) is 2. The Hall–Kier alpha value is -2.07. The van der Waals surface area contributed by atoms with Crippen molar-refractivity contribution < 1.29 is 9.59 Å². The maximum atomic E-state index is 12.9. The van der Waals surface area contributed by atoms with Crippen LogP contribution in [0, 0.1) is 11.8 Å². The lowest BCUT2D eigenvalue weighted by Gasteiger charge is -2.27. The van der Waals surface area contributed by atoms with Gasteiger partial charge < -0.3 is 0 Å². The van der Waals surface area contributed by atoms with Crippen molar-refractivity contribution >= 4 is 23.2 Å². The third-order valence-corrected chi connectivity index (χ3v) is 5.72. The quantitative estimate of drug-likeness (QED) is 0.781. The molecule has 2 bridgehead atoms. The highest BCUT2D eigenvalue weighted by atomic mass is 35.5. The number of carbonyl (C=O) groups excluding carboxylic acids is 2. The number of aryl methyl sites for hydroxylation is 1. The first-order chi connectivity index (χ1) is 12.1. The van der Waals surface area contributed by atoms with E-state index in [0.29, 0.717) is 10.8 Å². The first-order valence-corrected chi connectivity index (χ1v) is 9.14. The Bertz CT molecular complexity index is 825. The third kappa shape index (κ3) is 2.78. The molecule has 2 aliphatic rings. The molecule has 4 nitrogen and oxygen atoms in total. The highest BCUT2D eigenvalue weighted by Crippen LogP contribution is 2.45. The van der Waals surface area contributed by atoms with E-state index in [1.807, 2.05) is 25.1 Å². The summed E-state index contributed by atoms with van der Waals surface area (Å²) in [4.78, 5) is 34.3. The Kier molecular flexibility index (Phi) is 4.16. The topological polar surface area (TPSA) is 59.9 Å². The van der Waals surface area contributed by atoms with Gasteiger partial charge >= 0.3 is 0 Å². The van der Waals surface area contributed by atoms with Gasteiger partial charge in [0.15, 0.2) is 17.4 Å². The molecular weight excluding hydrogens is 336 g/mol. The average Bonchev–Trinajstić information content (AvgIpc) is 3.08. The van der Waals surface area contributed by atoms with Gasteiger partial charge in [-0.15, -0.1) is 0 Å². The van der Waals surface area contributed by atoms with E-state index in [2.05, 4.69) is 9.97 Å². The molecule has 2 aliphatic carbocycles. The monoisotopic (exact) mass is 354 g/mol. The van der Waals surface area contributed by atoms with Crippen LogP contribution in [0.2, 0.25) is 5.02 Å². The van der Waals surface area contributed by atoms with Crippen LogP contribution < -0.4 is 0 Å². The van der Waals surface area contributed by atoms with Crippen molar-refractivity contribution in [3.05, 3.63) is 46.7 Å². The van der Waals surface area contributed by atoms with Gasteiger partial charge in [0.05, 0.1) is 5.02 Å². The molecule has 1 unspecified atom stereocenters. The van der Waals surface area contributed by atoms with Crippen molar-refractivity contribution in [2.24, 2.45) is 11.8 Å². The van der Waals surface area contributed by atoms with Crippen LogP contribution >= 0.6 is 11.6 Å². The SMILES string of the molecule is CCc1ccc(-c2ncc(Cl)cn2)cc1C1C(=O)[C@@H]2CC[C@@H](C2)C1=O. The number of hydrogen-bond donors (Lipinski definition) is 0. The van der Waals surface area contributed by atoms with E-state index < -0.39 is 5.92 Å². The number of nitrogens with zero attached hydrogens (tertiary/aromatic N) is 2. The molecule has 0 radical (unpaired) electrons. The van der Waals surface area contributed by atoms with Crippen molar-refractivity contribution in [3.63, 3.8) is 0 Å². The van der Waals surface area contributed by atoms with Crippen LogP contribution in [0.4, 0.5) is 0 Å². The number of halogens is 1. The Morgan fingerprint density at radius 3 is 2.32 bits per heavy atom. The first kappa shape index (κ1) is 16.4. The zero-order valence-corrected chi connectivity index (χ0v) is 14.8. The lowest BCUT2D eigenvalue weighted by atomic mass is 9.73. The molecular formula is C20H19ClN2O2. The van der Waals surface area contributed by atoms with Gasteiger partial charge in [-0.3, -0.25) is 9.59 Å². The van der Waals surface area contributed by atoms with Crippen LogP contribution in [0.25, 0.3) is 11.4 Å². The minimum Gasteiger partial charge on any atom is -0.298 e. The molecule has 3 atom stereocenters. The molecule has 1 heterocycles. The summed E-state index contributed by atoms with van der Waals surface area (Å²) < 4.78 is 0. The second kappa shape index (κ2) is 6.34. The van der Waals surface area contributed by atoms with E-state index in [1.54, 1.807) is 12.4 Å². The molecule has 5 heteroatoms. The molecule has 2 fully saturated rings. The van der Waals surface area contributed by atoms with E-state index in [0.717, 1.165) is 42.4 Å². The Morgan fingerprint density at radius 2 is 1.72 bits per heavy atom. The standard InChI is InChI=1S/C20H19ClN2O2/c1-2-11-3-6-14(20-22-9-15(21)10-23-20)8-16(11)17-18(24)12-4-5-13(7-12)19(17)25/h3,6,8-10,12-13,17H,2,4-5,7H2,1H3/t12-,13+,17?. The maximum absolute atomic E-state index is 12.9. The second-order valence-electron chi connectivity index (χ2n) is 6.94. The van der Waals surface area contributed by atoms with Crippen LogP contribution in [-0.2, 0) is 16.0 Å². The Balaban J connectivity index is 1.80. The molecule has 0 N–H and O–H groups in total. The van der Waals surface area contributed by atoms with Gasteiger partial charge in [0.1, 0.15) is 5.92 Å². The van der Waals surface area contributed by atoms with Crippen LogP contribution in [0.15, 0.2) is 30.6 Å². The predicted molar refractivity (Wildman–Crippen MR) is 95.4 cm³/mol. The van der Waals surface area contributed by atoms with Gasteiger partial charge in [-0.25, -0.2) is 9.97 Å². The van der Waals surface area contributed by atoms with Gasteiger partial charge in [-0.05, 0) is 42.9 Å². The predicted octanol–water partition coefficient (Wildman–Crippen LogP) is 4.01. The molecule has 2 saturated carbocycles. The molecule has 0 amide bonds. The van der Waals surface area contributed by atoms with Gasteiger partial charge in [0, 0.05) is 29.8 Å². The van der Waals surface area contributed by atoms with Gasteiger partial charge in [0.2, 0.25) is 0 Å². The summed E-state index contributed by atoms with van der Waals surface area (Å²) >= 11 is 5.86. The van der Waals surface area contributed by atoms with Gasteiger partial charge in [0.25, 0.3) is 0 Å². The van der Waals surface area contributed by atoms with Crippen LogP contribution in [0.1, 0.15) is 43.2 Å². The summed E-state index contributed by atoms with van der Waals surface area (Å²) in [6, 6.07) is 5.85. The fourth-order valence-corrected chi connectivity index (χ4v) is 4.30. The van der Waals surface area contributed by atoms with Crippen molar-refractivity contribution in [2.45, 2.75) is 38.5 Å². The maximum Gasteiger partial charge on any atom is 0.159 e. The normalized spacial score (nSPS) is 25.4. The summed E-state index contributed by atoms with van der Waals surface area (Å²) in [5.41, 5.74) is 2.69. The Labute approximate surface area is 151 Å². The van der Waals surface area contributed by atoms with E-state index in [4.69, 9.17) is 11.6 Å². The van der Waals surface area contributed by atoms with E-state index in [9.17, 15) is 9.59 Å². The number of ketones is 2. The minimum absolute atomic E-state index is 0.0489. The first-order valence-electron chi connectivity index (χ1n) is 8.76. The van der Waals surface area contributed by atoms with Crippen LogP contribution in [0.3, 0.4) is 0 Å². The summed E-state index contributed by atoms with van der Waals surface area (Å²) in [5, 5.41) is 0.475. The second-order valence-corrected chi connectivity index (χ2v) is 7.37. The smallest absolute Gasteiger partial charge is 0.159 e. The molecule has 0 aliphatic heterocycles. The average molecular weight is 355 g/mol. The van der Waals surface area contributed by atoms with Crippen molar-refractivity contribution in [2.75, 3.05) is 0 Å². The summed E-state index contributed by atoms with van der Waals surface area (Å²) in [7, 11) is 0. The molecule has 1 aromatic carbocycles. The van der Waals surface area contributed by atoms with Crippen molar-refractivity contribution in [1.29, 1.82) is 0 Å². The molecule has 128 valence electrons. The molecule has 0 saturated heterocycles. The lowest BCUT2D eigenvalue weighted by Crippen LogP contribution is -2.35. The van der Waals surface area contributed by atoms with E-state index >= 15 is 0 Å². The zero-order chi connectivity index (χ0) is 17.6. The van der Waals surface area contributed by atoms with E-state index in [1.165, 1.54) is 0 Å². The van der Waals surface area contributed by atoms with Crippen molar-refractivity contribution in [1.82, 2.24) is 9.97 Å². The van der Waals surface area contributed by atoms with Gasteiger partial charge in [-0.2, -0.15) is 0 Å². The molecule has 0 spiro atoms. The Morgan fingerprint density at radius 1 is 1.08 bits per heavy atom. The van der Waals surface area contributed by atoms with Crippen LogP contribution in [-0.4, -0.2) is 21.5 Å². The molecule has 4 rings (SSSR count). The summed E-state index contributed by atoms with van der Waals surface area (Å²) in [6.07, 6.45) is 6.34. The van der Waals surface area contributed by atoms with E-state index in [-0.39, 0.29) is 23.4 Å². The number of rotatable bonds is 3. The molecule has 2 aromatic rings. The van der Waals surface area contributed by atoms with Gasteiger partial charge in [-0.1, -0.05) is 30.7 Å². The number of carbonyl (C=O) groups is 2. The number of aromatic nitrogens is 2.